The number of hydrogen-bond acceptors (Lipinski definition) is 15. The highest BCUT2D eigenvalue weighted by atomic mass is 32.5. The van der Waals surface area contributed by atoms with Gasteiger partial charge in [-0.1, -0.05) is 4.31 Å². The molecule has 1 unspecified atom stereocenters. The average molecular weight is 524 g/mol. The molecule has 0 amide bonds. The van der Waals surface area contributed by atoms with E-state index in [4.69, 9.17) is 24.8 Å². The minimum Gasteiger partial charge on any atom is -0.387 e. The minimum absolute atomic E-state index is 0.134. The van der Waals surface area contributed by atoms with Crippen molar-refractivity contribution in [2.24, 2.45) is 0 Å². The number of nitrogens with two attached hydrogens (primary N) is 1. The van der Waals surface area contributed by atoms with Gasteiger partial charge in [-0.05, 0) is 16.1 Å². The average Bonchev–Trinajstić information content (AvgIpc) is 3.12. The standard InChI is InChI=1S/C10H16N5O12P3S/c11-8-5-9(13-2-12-8)15(3-14-5)10-7(17)6(16)4(23-10)1-22-28(18,19)26-30(24-25-30)27-29(20,21)31/h2,4,6-7,10,14,16-17H,1,3H2,(H4-,11,12,13,18,19,20,21,31)/p+1/t4-,6-,7-,10-/m1/s1. The fourth-order valence-corrected chi connectivity index (χ4v) is 7.25. The van der Waals surface area contributed by atoms with Gasteiger partial charge in [0.15, 0.2) is 17.9 Å². The molecule has 174 valence electrons. The Labute approximate surface area is 179 Å². The van der Waals surface area contributed by atoms with Crippen LogP contribution in [-0.2, 0) is 43.6 Å². The summed E-state index contributed by atoms with van der Waals surface area (Å²) in [6, 6.07) is 0. The molecule has 2 saturated heterocycles. The molecule has 3 aliphatic rings. The molecule has 17 nitrogen and oxygen atoms in total. The fourth-order valence-electron chi connectivity index (χ4n) is 2.90. The van der Waals surface area contributed by atoms with Gasteiger partial charge in [0.25, 0.3) is 0 Å². The number of aromatic nitrogens is 2. The van der Waals surface area contributed by atoms with Gasteiger partial charge in [0.1, 0.15) is 30.3 Å². The number of aliphatic hydroxyl groups excluding tert-OH is 2. The maximum Gasteiger partial charge on any atom is 0.663 e. The Kier molecular flexibility index (Phi) is 6.28. The molecule has 3 aliphatic heterocycles. The van der Waals surface area contributed by atoms with Crippen molar-refractivity contribution >= 4 is 51.8 Å². The lowest BCUT2D eigenvalue weighted by molar-refractivity contribution is -0.0211. The molecule has 8 N–H and O–H groups in total. The Bertz CT molecular complexity index is 950. The van der Waals surface area contributed by atoms with Gasteiger partial charge in [-0.3, -0.25) is 4.52 Å². The van der Waals surface area contributed by atoms with Crippen molar-refractivity contribution in [2.75, 3.05) is 29.2 Å². The molecule has 31 heavy (non-hydrogen) atoms. The second-order valence-electron chi connectivity index (χ2n) is 6.32. The lowest BCUT2D eigenvalue weighted by atomic mass is 10.1. The lowest BCUT2D eigenvalue weighted by Gasteiger charge is -2.26. The largest absolute Gasteiger partial charge is 0.663 e. The quantitative estimate of drug-likeness (QED) is 0.118. The number of fused-ring (bicyclic) bond motifs is 1. The number of rotatable bonds is 8. The third-order valence-electron chi connectivity index (χ3n) is 4.21. The summed E-state index contributed by atoms with van der Waals surface area (Å²) >= 11 is 4.21. The van der Waals surface area contributed by atoms with Gasteiger partial charge < -0.3 is 45.6 Å². The van der Waals surface area contributed by atoms with Gasteiger partial charge >= 0.3 is 22.7 Å². The zero-order valence-electron chi connectivity index (χ0n) is 15.1. The molecule has 0 saturated carbocycles. The molecule has 21 heteroatoms. The van der Waals surface area contributed by atoms with Crippen molar-refractivity contribution in [1.29, 1.82) is 0 Å². The van der Waals surface area contributed by atoms with E-state index in [2.05, 4.69) is 45.1 Å². The minimum atomic E-state index is -4.95. The number of ether oxygens (including phenoxy) is 1. The zero-order chi connectivity index (χ0) is 22.6. The highest BCUT2D eigenvalue weighted by molar-refractivity contribution is 8.08. The number of hydrogen-bond donors (Lipinski definition) is 7. The molecule has 2 fully saturated rings. The first-order valence-electron chi connectivity index (χ1n) is 8.25. The Morgan fingerprint density at radius 2 is 2.00 bits per heavy atom. The van der Waals surface area contributed by atoms with Crippen LogP contribution in [0.5, 0.6) is 0 Å². The second-order valence-corrected chi connectivity index (χ2v) is 12.4. The maximum atomic E-state index is 12.1. The van der Waals surface area contributed by atoms with Crippen LogP contribution in [0.25, 0.3) is 0 Å². The van der Waals surface area contributed by atoms with E-state index in [0.717, 1.165) is 0 Å². The Morgan fingerprint density at radius 1 is 1.29 bits per heavy atom. The van der Waals surface area contributed by atoms with Crippen molar-refractivity contribution in [3.8, 4) is 0 Å². The van der Waals surface area contributed by atoms with E-state index in [-0.39, 0.29) is 12.5 Å². The highest BCUT2D eigenvalue weighted by Gasteiger charge is 2.78. The van der Waals surface area contributed by atoms with Crippen LogP contribution >= 0.6 is 22.7 Å². The summed E-state index contributed by atoms with van der Waals surface area (Å²) in [6.45, 7) is -4.91. The summed E-state index contributed by atoms with van der Waals surface area (Å²) in [4.78, 5) is 37.4. The van der Waals surface area contributed by atoms with Crippen LogP contribution in [-0.4, -0.2) is 72.7 Å². The number of nitrogens with zero attached hydrogens (tertiary/aromatic N) is 3. The Hall–Kier alpha value is -0.650. The van der Waals surface area contributed by atoms with Gasteiger partial charge in [0, 0.05) is 0 Å². The van der Waals surface area contributed by atoms with Crippen LogP contribution < -0.4 is 16.0 Å². The molecular formula is C10H17N5O12P3S+. The summed E-state index contributed by atoms with van der Waals surface area (Å²) in [5.74, 6) is 0.510. The molecule has 4 rings (SSSR count). The molecule has 0 spiro atoms. The lowest BCUT2D eigenvalue weighted by Crippen LogP contribution is -2.44. The Morgan fingerprint density at radius 3 is 2.65 bits per heavy atom. The van der Waals surface area contributed by atoms with Crippen LogP contribution in [0.15, 0.2) is 6.33 Å². The molecule has 5 atom stereocenters. The summed E-state index contributed by atoms with van der Waals surface area (Å²) in [5, 5.41) is 23.6. The van der Waals surface area contributed by atoms with E-state index in [1.54, 1.807) is 0 Å². The van der Waals surface area contributed by atoms with Gasteiger partial charge in [-0.15, -0.1) is 0 Å². The SMILES string of the molecule is Nc1ncnc2c1NCN2[C@@H]1O[C@H](COP(=O)(O)O[P+]2(OP(O)(O)=S)OO2)[C@@H](O)[C@H]1O. The first-order chi connectivity index (χ1) is 14.4. The summed E-state index contributed by atoms with van der Waals surface area (Å²) < 4.78 is 40.0. The van der Waals surface area contributed by atoms with E-state index in [1.807, 2.05) is 0 Å². The predicted molar refractivity (Wildman–Crippen MR) is 104 cm³/mol. The Balaban J connectivity index is 1.38. The molecule has 4 heterocycles. The van der Waals surface area contributed by atoms with Crippen molar-refractivity contribution < 1.29 is 56.7 Å². The summed E-state index contributed by atoms with van der Waals surface area (Å²) in [6.07, 6.45) is -4.10. The molecule has 1 aromatic rings. The maximum absolute atomic E-state index is 12.1. The van der Waals surface area contributed by atoms with E-state index in [0.29, 0.717) is 11.5 Å². The smallest absolute Gasteiger partial charge is 0.387 e. The first kappa shape index (κ1) is 23.5. The zero-order valence-corrected chi connectivity index (χ0v) is 18.6. The molecule has 0 aliphatic carbocycles. The predicted octanol–water partition coefficient (Wildman–Crippen LogP) is -1.31. The van der Waals surface area contributed by atoms with Crippen LogP contribution in [0.1, 0.15) is 0 Å². The fraction of sp³-hybridized carbons (Fsp3) is 0.600. The number of nitrogen functional groups attached to an aromatic ring is 1. The van der Waals surface area contributed by atoms with Gasteiger partial charge in [-0.2, -0.15) is 0 Å². The summed E-state index contributed by atoms with van der Waals surface area (Å²) in [7, 11) is -8.94. The normalized spacial score (nSPS) is 31.2. The first-order valence-corrected chi connectivity index (χ1v) is 13.8. The highest BCUT2D eigenvalue weighted by Crippen LogP contribution is 2.87. The van der Waals surface area contributed by atoms with Crippen molar-refractivity contribution in [3.05, 3.63) is 6.33 Å². The van der Waals surface area contributed by atoms with Crippen molar-refractivity contribution in [3.63, 3.8) is 0 Å². The van der Waals surface area contributed by atoms with E-state index >= 15 is 0 Å². The number of phosphoric acid groups is 1. The molecule has 1 aromatic heterocycles. The van der Waals surface area contributed by atoms with Gasteiger partial charge in [0.05, 0.1) is 22.6 Å². The van der Waals surface area contributed by atoms with Crippen LogP contribution in [0.3, 0.4) is 0 Å². The number of aliphatic hydroxyl groups is 2. The molecule has 0 radical (unpaired) electrons. The summed E-state index contributed by atoms with van der Waals surface area (Å²) in [5.41, 5.74) is 6.19. The van der Waals surface area contributed by atoms with Gasteiger partial charge in [-0.25, -0.2) is 14.5 Å². The van der Waals surface area contributed by atoms with Crippen LogP contribution in [0.4, 0.5) is 17.3 Å². The second kappa shape index (κ2) is 8.29. The molecular weight excluding hydrogens is 507 g/mol. The third-order valence-corrected chi connectivity index (χ3v) is 8.95. The van der Waals surface area contributed by atoms with Crippen LogP contribution in [0, 0.1) is 0 Å². The van der Waals surface area contributed by atoms with Crippen molar-refractivity contribution in [2.45, 2.75) is 24.5 Å². The third kappa shape index (κ3) is 5.14. The molecule has 0 aromatic carbocycles. The number of nitrogens with one attached hydrogen (secondary N) is 1. The number of phosphoric ester groups is 1. The number of anilines is 3. The van der Waals surface area contributed by atoms with Crippen molar-refractivity contribution in [1.82, 2.24) is 9.97 Å². The van der Waals surface area contributed by atoms with Gasteiger partial charge in [0.2, 0.25) is 0 Å². The topological polar surface area (TPSA) is 247 Å². The van der Waals surface area contributed by atoms with E-state index < -0.39 is 53.9 Å². The van der Waals surface area contributed by atoms with E-state index in [9.17, 15) is 19.7 Å². The van der Waals surface area contributed by atoms with Crippen LogP contribution in [0.2, 0.25) is 0 Å². The molecule has 0 bridgehead atoms. The van der Waals surface area contributed by atoms with E-state index in [1.165, 1.54) is 11.2 Å². The monoisotopic (exact) mass is 524 g/mol.